The molecule has 150 valence electrons. The molecule has 2 aliphatic rings. The molecule has 0 bridgehead atoms. The Kier molecular flexibility index (Phi) is 6.35. The van der Waals surface area contributed by atoms with Crippen LogP contribution >= 0.6 is 11.8 Å². The number of rotatable bonds is 5. The number of hydrogen-bond acceptors (Lipinski definition) is 4. The summed E-state index contributed by atoms with van der Waals surface area (Å²) in [5.41, 5.74) is 4.08. The number of benzene rings is 1. The third kappa shape index (κ3) is 4.27. The van der Waals surface area contributed by atoms with E-state index in [1.165, 1.54) is 55.0 Å². The zero-order valence-electron chi connectivity index (χ0n) is 16.8. The maximum absolute atomic E-state index is 12.6. The number of amides is 1. The fourth-order valence-electron chi connectivity index (χ4n) is 4.30. The maximum Gasteiger partial charge on any atom is 0.233 e. The number of thioether (sulfide) groups is 1. The van der Waals surface area contributed by atoms with Gasteiger partial charge in [-0.05, 0) is 62.6 Å². The lowest BCUT2D eigenvalue weighted by atomic mass is 9.90. The second-order valence-electron chi connectivity index (χ2n) is 7.82. The Morgan fingerprint density at radius 2 is 1.75 bits per heavy atom. The molecule has 1 saturated heterocycles. The Morgan fingerprint density at radius 3 is 2.50 bits per heavy atom. The van der Waals surface area contributed by atoms with E-state index in [1.54, 1.807) is 0 Å². The predicted molar refractivity (Wildman–Crippen MR) is 114 cm³/mol. The summed E-state index contributed by atoms with van der Waals surface area (Å²) < 4.78 is 2.14. The summed E-state index contributed by atoms with van der Waals surface area (Å²) in [4.78, 5) is 14.6. The van der Waals surface area contributed by atoms with Gasteiger partial charge in [0, 0.05) is 25.2 Å². The van der Waals surface area contributed by atoms with Gasteiger partial charge in [-0.1, -0.05) is 36.7 Å². The zero-order chi connectivity index (χ0) is 19.3. The van der Waals surface area contributed by atoms with Gasteiger partial charge >= 0.3 is 0 Å². The molecule has 1 fully saturated rings. The van der Waals surface area contributed by atoms with Gasteiger partial charge in [-0.25, -0.2) is 0 Å². The molecule has 0 spiro atoms. The van der Waals surface area contributed by atoms with Crippen molar-refractivity contribution in [2.45, 2.75) is 70.0 Å². The molecule has 1 aliphatic carbocycles. The van der Waals surface area contributed by atoms with Crippen LogP contribution in [0.25, 0.3) is 11.4 Å². The van der Waals surface area contributed by atoms with Gasteiger partial charge in [0.2, 0.25) is 5.91 Å². The van der Waals surface area contributed by atoms with Crippen LogP contribution in [0.5, 0.6) is 0 Å². The lowest BCUT2D eigenvalue weighted by Gasteiger charge is -2.20. The number of carbonyl (C=O) groups is 1. The number of nitrogens with zero attached hydrogens (tertiary/aromatic N) is 4. The number of hydrogen-bond donors (Lipinski definition) is 0. The monoisotopic (exact) mass is 398 g/mol. The second kappa shape index (κ2) is 9.12. The maximum atomic E-state index is 12.6. The van der Waals surface area contributed by atoms with Crippen LogP contribution in [0.4, 0.5) is 0 Å². The molecule has 1 aliphatic heterocycles. The van der Waals surface area contributed by atoms with Crippen molar-refractivity contribution in [3.8, 4) is 11.4 Å². The molecule has 6 heteroatoms. The van der Waals surface area contributed by atoms with E-state index in [4.69, 9.17) is 0 Å². The van der Waals surface area contributed by atoms with Crippen LogP contribution in [0.1, 0.15) is 56.6 Å². The first-order chi connectivity index (χ1) is 13.8. The van der Waals surface area contributed by atoms with Crippen LogP contribution in [-0.2, 0) is 24.2 Å². The third-order valence-electron chi connectivity index (χ3n) is 5.92. The van der Waals surface area contributed by atoms with Crippen molar-refractivity contribution in [1.29, 1.82) is 0 Å². The van der Waals surface area contributed by atoms with Crippen molar-refractivity contribution < 1.29 is 4.79 Å². The molecule has 5 nitrogen and oxygen atoms in total. The average Bonchev–Trinajstić information content (AvgIpc) is 2.94. The summed E-state index contributed by atoms with van der Waals surface area (Å²) >= 11 is 1.52. The lowest BCUT2D eigenvalue weighted by molar-refractivity contribution is -0.128. The molecular formula is C22H30N4OS. The van der Waals surface area contributed by atoms with Crippen LogP contribution in [0.3, 0.4) is 0 Å². The molecule has 0 radical (unpaired) electrons. The molecule has 1 aromatic carbocycles. The number of aryl methyl sites for hydroxylation is 2. The highest BCUT2D eigenvalue weighted by atomic mass is 32.2. The number of likely N-dealkylation sites (tertiary alicyclic amines) is 1. The second-order valence-corrected chi connectivity index (χ2v) is 8.77. The van der Waals surface area contributed by atoms with Crippen molar-refractivity contribution in [3.63, 3.8) is 0 Å². The van der Waals surface area contributed by atoms with E-state index in [1.807, 2.05) is 4.90 Å². The Hall–Kier alpha value is -1.82. The summed E-state index contributed by atoms with van der Waals surface area (Å²) in [5.74, 6) is 1.59. The Bertz CT molecular complexity index is 824. The van der Waals surface area contributed by atoms with E-state index in [9.17, 15) is 4.79 Å². The Labute approximate surface area is 171 Å². The molecule has 0 N–H and O–H groups in total. The van der Waals surface area contributed by atoms with Gasteiger partial charge in [0.05, 0.1) is 5.75 Å². The fraction of sp³-hybridized carbons (Fsp3) is 0.591. The normalized spacial score (nSPS) is 17.2. The predicted octanol–water partition coefficient (Wildman–Crippen LogP) is 4.34. The molecule has 0 unspecified atom stereocenters. The van der Waals surface area contributed by atoms with Gasteiger partial charge in [0.1, 0.15) is 0 Å². The lowest BCUT2D eigenvalue weighted by Crippen LogP contribution is -2.33. The molecule has 4 rings (SSSR count). The van der Waals surface area contributed by atoms with Crippen LogP contribution in [0, 0.1) is 0 Å². The van der Waals surface area contributed by atoms with E-state index in [0.717, 1.165) is 55.4 Å². The molecule has 1 amide bonds. The van der Waals surface area contributed by atoms with Crippen LogP contribution in [-0.4, -0.2) is 44.4 Å². The minimum absolute atomic E-state index is 0.230. The molecule has 1 aromatic heterocycles. The van der Waals surface area contributed by atoms with Crippen molar-refractivity contribution in [2.75, 3.05) is 18.8 Å². The smallest absolute Gasteiger partial charge is 0.233 e. The zero-order valence-corrected chi connectivity index (χ0v) is 17.6. The van der Waals surface area contributed by atoms with E-state index < -0.39 is 0 Å². The Balaban J connectivity index is 1.47. The average molecular weight is 399 g/mol. The highest BCUT2D eigenvalue weighted by Crippen LogP contribution is 2.29. The van der Waals surface area contributed by atoms with Crippen molar-refractivity contribution in [1.82, 2.24) is 19.7 Å². The SMILES string of the molecule is CCn1c(SCC(=O)N2CCCCCC2)nnc1-c1ccc2c(c1)CCCC2. The van der Waals surface area contributed by atoms with Crippen molar-refractivity contribution in [3.05, 3.63) is 29.3 Å². The topological polar surface area (TPSA) is 51.0 Å². The minimum Gasteiger partial charge on any atom is -0.342 e. The van der Waals surface area contributed by atoms with Gasteiger partial charge in [-0.2, -0.15) is 0 Å². The highest BCUT2D eigenvalue weighted by Gasteiger charge is 2.19. The largest absolute Gasteiger partial charge is 0.342 e. The van der Waals surface area contributed by atoms with Crippen LogP contribution in [0.15, 0.2) is 23.4 Å². The molecule has 2 heterocycles. The number of carbonyl (C=O) groups excluding carboxylic acids is 1. The van der Waals surface area contributed by atoms with Gasteiger partial charge in [0.15, 0.2) is 11.0 Å². The van der Waals surface area contributed by atoms with Gasteiger partial charge < -0.3 is 9.47 Å². The van der Waals surface area contributed by atoms with Gasteiger partial charge in [0.25, 0.3) is 0 Å². The quantitative estimate of drug-likeness (QED) is 0.703. The molecular weight excluding hydrogens is 368 g/mol. The first-order valence-electron chi connectivity index (χ1n) is 10.7. The number of aromatic nitrogens is 3. The van der Waals surface area contributed by atoms with Gasteiger partial charge in [-0.15, -0.1) is 10.2 Å². The molecule has 2 aromatic rings. The van der Waals surface area contributed by atoms with Crippen molar-refractivity contribution in [2.24, 2.45) is 0 Å². The van der Waals surface area contributed by atoms with Crippen molar-refractivity contribution >= 4 is 17.7 Å². The van der Waals surface area contributed by atoms with E-state index in [-0.39, 0.29) is 5.91 Å². The molecule has 0 atom stereocenters. The molecule has 0 saturated carbocycles. The standard InChI is InChI=1S/C22H30N4OS/c1-2-26-21(19-12-11-17-9-5-6-10-18(17)15-19)23-24-22(26)28-16-20(27)25-13-7-3-4-8-14-25/h11-12,15H,2-10,13-14,16H2,1H3. The van der Waals surface area contributed by atoms with Crippen LogP contribution < -0.4 is 0 Å². The summed E-state index contributed by atoms with van der Waals surface area (Å²) in [5, 5.41) is 9.74. The first kappa shape index (κ1) is 19.5. The summed E-state index contributed by atoms with van der Waals surface area (Å²) in [6, 6.07) is 6.73. The van der Waals surface area contributed by atoms with E-state index in [0.29, 0.717) is 5.75 Å². The number of fused-ring (bicyclic) bond motifs is 1. The summed E-state index contributed by atoms with van der Waals surface area (Å²) in [7, 11) is 0. The summed E-state index contributed by atoms with van der Waals surface area (Å²) in [6.07, 6.45) is 9.66. The summed E-state index contributed by atoms with van der Waals surface area (Å²) in [6.45, 7) is 4.73. The van der Waals surface area contributed by atoms with E-state index >= 15 is 0 Å². The Morgan fingerprint density at radius 1 is 1.00 bits per heavy atom. The first-order valence-corrected chi connectivity index (χ1v) is 11.7. The van der Waals surface area contributed by atoms with Gasteiger partial charge in [-0.3, -0.25) is 4.79 Å². The van der Waals surface area contributed by atoms with E-state index in [2.05, 4.69) is 39.9 Å². The third-order valence-corrected chi connectivity index (χ3v) is 6.87. The molecule has 28 heavy (non-hydrogen) atoms. The van der Waals surface area contributed by atoms with Crippen LogP contribution in [0.2, 0.25) is 0 Å². The highest BCUT2D eigenvalue weighted by molar-refractivity contribution is 7.99. The minimum atomic E-state index is 0.230. The fourth-order valence-corrected chi connectivity index (χ4v) is 5.21.